The third kappa shape index (κ3) is 15.5. The summed E-state index contributed by atoms with van der Waals surface area (Å²) in [5, 5.41) is 0. The zero-order valence-electron chi connectivity index (χ0n) is 15.0. The molecule has 0 atom stereocenters. The van der Waals surface area contributed by atoms with Crippen molar-refractivity contribution in [2.24, 2.45) is 0 Å². The predicted octanol–water partition coefficient (Wildman–Crippen LogP) is 6.20. The zero-order valence-corrected chi connectivity index (χ0v) is 18.6. The first-order chi connectivity index (χ1) is 11.8. The number of hydrogen-bond acceptors (Lipinski definition) is 0. The molecule has 0 fully saturated rings. The van der Waals surface area contributed by atoms with Crippen molar-refractivity contribution in [3.63, 3.8) is 0 Å². The topological polar surface area (TPSA) is 0 Å². The molecular formula is C24H24Hf. The number of aryl methyl sites for hydroxylation is 2. The second-order valence-corrected chi connectivity index (χ2v) is 5.16. The summed E-state index contributed by atoms with van der Waals surface area (Å²) in [6.07, 6.45) is 20.0. The van der Waals surface area contributed by atoms with Crippen LogP contribution in [0.15, 0.2) is 85.0 Å². The van der Waals surface area contributed by atoms with E-state index in [2.05, 4.69) is 50.3 Å². The van der Waals surface area contributed by atoms with Crippen molar-refractivity contribution in [1.82, 2.24) is 0 Å². The minimum atomic E-state index is 0. The molecule has 0 N–H and O–H groups in total. The maximum Gasteiger partial charge on any atom is 4.00 e. The van der Waals surface area contributed by atoms with E-state index in [4.69, 9.17) is 0 Å². The summed E-state index contributed by atoms with van der Waals surface area (Å²) in [5.74, 6) is 0. The SMILES string of the molecule is Cc1cc[c-]cc1.Cc1cc[c-]cc1.[C-]1=CC=CC1.[C-]1=CC=CC1.[Hf+4]. The van der Waals surface area contributed by atoms with Crippen molar-refractivity contribution in [2.75, 3.05) is 0 Å². The van der Waals surface area contributed by atoms with Gasteiger partial charge in [-0.3, -0.25) is 12.2 Å². The normalized spacial score (nSPS) is 11.9. The van der Waals surface area contributed by atoms with Gasteiger partial charge in [-0.2, -0.15) is 83.9 Å². The summed E-state index contributed by atoms with van der Waals surface area (Å²) in [6.45, 7) is 4.13. The third-order valence-electron chi connectivity index (χ3n) is 2.94. The van der Waals surface area contributed by atoms with Crippen LogP contribution in [0.25, 0.3) is 0 Å². The summed E-state index contributed by atoms with van der Waals surface area (Å²) in [4.78, 5) is 0. The Morgan fingerprint density at radius 2 is 1.00 bits per heavy atom. The van der Waals surface area contributed by atoms with Gasteiger partial charge in [0.15, 0.2) is 0 Å². The molecule has 2 aromatic rings. The second-order valence-electron chi connectivity index (χ2n) is 5.16. The van der Waals surface area contributed by atoms with E-state index in [1.165, 1.54) is 11.1 Å². The monoisotopic (exact) mass is 492 g/mol. The third-order valence-corrected chi connectivity index (χ3v) is 2.94. The number of hydrogen-bond donors (Lipinski definition) is 0. The molecule has 0 aliphatic heterocycles. The van der Waals surface area contributed by atoms with Crippen LogP contribution in [0.3, 0.4) is 0 Å². The van der Waals surface area contributed by atoms with Crippen molar-refractivity contribution in [2.45, 2.75) is 26.7 Å². The van der Waals surface area contributed by atoms with E-state index in [9.17, 15) is 0 Å². The smallest absolute Gasteiger partial charge is 0.273 e. The molecule has 0 radical (unpaired) electrons. The molecule has 2 aliphatic carbocycles. The molecule has 124 valence electrons. The van der Waals surface area contributed by atoms with Gasteiger partial charge in [-0.05, 0) is 0 Å². The molecule has 0 spiro atoms. The van der Waals surface area contributed by atoms with Crippen LogP contribution in [0.2, 0.25) is 0 Å². The Balaban J connectivity index is 0.000000307. The summed E-state index contributed by atoms with van der Waals surface area (Å²) in [6, 6.07) is 21.6. The van der Waals surface area contributed by atoms with Crippen LogP contribution >= 0.6 is 0 Å². The van der Waals surface area contributed by atoms with Gasteiger partial charge in [-0.15, -0.1) is 12.8 Å². The van der Waals surface area contributed by atoms with Crippen LogP contribution in [0.4, 0.5) is 0 Å². The Labute approximate surface area is 172 Å². The van der Waals surface area contributed by atoms with Crippen LogP contribution in [-0.2, 0) is 25.8 Å². The molecule has 0 amide bonds. The van der Waals surface area contributed by atoms with Gasteiger partial charge < -0.3 is 0 Å². The van der Waals surface area contributed by atoms with Gasteiger partial charge in [-0.1, -0.05) is 13.8 Å². The van der Waals surface area contributed by atoms with Gasteiger partial charge in [0.05, 0.1) is 0 Å². The van der Waals surface area contributed by atoms with Crippen LogP contribution < -0.4 is 0 Å². The van der Waals surface area contributed by atoms with Gasteiger partial charge >= 0.3 is 25.8 Å². The number of benzene rings is 2. The van der Waals surface area contributed by atoms with E-state index in [1.807, 2.05) is 72.8 Å². The van der Waals surface area contributed by atoms with Gasteiger partial charge in [0.1, 0.15) is 0 Å². The number of allylic oxidation sites excluding steroid dienone is 8. The predicted molar refractivity (Wildman–Crippen MR) is 103 cm³/mol. The summed E-state index contributed by atoms with van der Waals surface area (Å²) in [7, 11) is 0. The Bertz CT molecular complexity index is 555. The van der Waals surface area contributed by atoms with E-state index in [1.54, 1.807) is 0 Å². The van der Waals surface area contributed by atoms with Crippen molar-refractivity contribution >= 4 is 0 Å². The second kappa shape index (κ2) is 17.1. The fourth-order valence-electron chi connectivity index (χ4n) is 1.62. The molecule has 2 aromatic carbocycles. The van der Waals surface area contributed by atoms with Gasteiger partial charge in [0.2, 0.25) is 0 Å². The molecule has 1 heteroatoms. The van der Waals surface area contributed by atoms with Crippen molar-refractivity contribution in [3.8, 4) is 0 Å². The Morgan fingerprint density at radius 3 is 1.12 bits per heavy atom. The largest absolute Gasteiger partial charge is 4.00 e. The maximum atomic E-state index is 2.99. The van der Waals surface area contributed by atoms with Crippen LogP contribution in [0.5, 0.6) is 0 Å². The zero-order chi connectivity index (χ0) is 17.3. The molecule has 0 bridgehead atoms. The molecule has 0 unspecified atom stereocenters. The van der Waals surface area contributed by atoms with Gasteiger partial charge in [0.25, 0.3) is 0 Å². The van der Waals surface area contributed by atoms with Crippen molar-refractivity contribution in [3.05, 3.63) is 120 Å². The summed E-state index contributed by atoms with van der Waals surface area (Å²) >= 11 is 0. The van der Waals surface area contributed by atoms with Crippen molar-refractivity contribution < 1.29 is 25.8 Å². The summed E-state index contributed by atoms with van der Waals surface area (Å²) < 4.78 is 0. The molecule has 25 heavy (non-hydrogen) atoms. The standard InChI is InChI=1S/2C7H7.2C5H5.Hf/c2*1-7-5-3-2-4-6-7;2*1-2-4-5-3-1;/h2*3-6H,1H3;2*1-3H,4H2;/q4*-1;+4. The Kier molecular flexibility index (Phi) is 15.9. The average Bonchev–Trinajstić information content (AvgIpc) is 3.36. The minimum absolute atomic E-state index is 0. The molecular weight excluding hydrogens is 467 g/mol. The summed E-state index contributed by atoms with van der Waals surface area (Å²) in [5.41, 5.74) is 2.58. The fraction of sp³-hybridized carbons (Fsp3) is 0.167. The minimum Gasteiger partial charge on any atom is -0.273 e. The molecule has 0 saturated heterocycles. The average molecular weight is 491 g/mol. The van der Waals surface area contributed by atoms with Crippen LogP contribution in [0, 0.1) is 38.1 Å². The van der Waals surface area contributed by atoms with Crippen molar-refractivity contribution in [1.29, 1.82) is 0 Å². The quantitative estimate of drug-likeness (QED) is 0.305. The Morgan fingerprint density at radius 1 is 0.640 bits per heavy atom. The first kappa shape index (κ1) is 23.3. The maximum absolute atomic E-state index is 2.99. The van der Waals surface area contributed by atoms with E-state index in [0.717, 1.165) is 12.8 Å². The van der Waals surface area contributed by atoms with E-state index in [-0.39, 0.29) is 25.8 Å². The van der Waals surface area contributed by atoms with Crippen LogP contribution in [0.1, 0.15) is 24.0 Å². The molecule has 0 nitrogen and oxygen atoms in total. The first-order valence-electron chi connectivity index (χ1n) is 8.08. The molecule has 0 aromatic heterocycles. The number of rotatable bonds is 0. The molecule has 4 rings (SSSR count). The van der Waals surface area contributed by atoms with E-state index >= 15 is 0 Å². The Hall–Kier alpha value is -1.73. The van der Waals surface area contributed by atoms with Gasteiger partial charge in [0, 0.05) is 0 Å². The molecule has 0 heterocycles. The van der Waals surface area contributed by atoms with Gasteiger partial charge in [-0.25, -0.2) is 24.3 Å². The van der Waals surface area contributed by atoms with Crippen LogP contribution in [-0.4, -0.2) is 0 Å². The van der Waals surface area contributed by atoms with E-state index < -0.39 is 0 Å². The van der Waals surface area contributed by atoms with E-state index in [0.29, 0.717) is 0 Å². The fourth-order valence-corrected chi connectivity index (χ4v) is 1.62. The molecule has 0 saturated carbocycles. The first-order valence-corrected chi connectivity index (χ1v) is 8.08. The molecule has 2 aliphatic rings.